The molecule has 0 nitrogen and oxygen atoms in total. The summed E-state index contributed by atoms with van der Waals surface area (Å²) in [5.74, 6) is -6.05. The third-order valence-electron chi connectivity index (χ3n) is 6.60. The van der Waals surface area contributed by atoms with Gasteiger partial charge in [0.25, 0.3) is 0 Å². The van der Waals surface area contributed by atoms with Crippen LogP contribution in [-0.2, 0) is 0 Å². The fourth-order valence-corrected chi connectivity index (χ4v) is 4.78. The Morgan fingerprint density at radius 1 is 0.471 bits per heavy atom. The van der Waals surface area contributed by atoms with Crippen molar-refractivity contribution in [1.82, 2.24) is 0 Å². The van der Waals surface area contributed by atoms with Gasteiger partial charge >= 0.3 is 0 Å². The first kappa shape index (κ1) is 22.3. The van der Waals surface area contributed by atoms with Crippen LogP contribution in [0.4, 0.5) is 22.0 Å². The average molecular weight is 464 g/mol. The predicted molar refractivity (Wildman–Crippen MR) is 124 cm³/mol. The summed E-state index contributed by atoms with van der Waals surface area (Å²) in [7, 11) is 0. The lowest BCUT2D eigenvalue weighted by atomic mass is 9.94. The topological polar surface area (TPSA) is 0 Å². The molecule has 34 heavy (non-hydrogen) atoms. The van der Waals surface area contributed by atoms with Gasteiger partial charge < -0.3 is 0 Å². The Morgan fingerprint density at radius 3 is 1.38 bits per heavy atom. The molecule has 0 spiro atoms. The van der Waals surface area contributed by atoms with E-state index in [2.05, 4.69) is 24.3 Å². The summed E-state index contributed by atoms with van der Waals surface area (Å²) in [5.41, 5.74) is 3.26. The van der Waals surface area contributed by atoms with Crippen molar-refractivity contribution >= 4 is 0 Å². The molecule has 1 saturated carbocycles. The Bertz CT molecular complexity index is 1290. The zero-order valence-electron chi connectivity index (χ0n) is 18.2. The molecule has 0 heterocycles. The van der Waals surface area contributed by atoms with E-state index in [1.165, 1.54) is 31.2 Å². The second-order valence-corrected chi connectivity index (χ2v) is 8.75. The second-order valence-electron chi connectivity index (χ2n) is 8.75. The van der Waals surface area contributed by atoms with Gasteiger partial charge in [-0.25, -0.2) is 22.0 Å². The van der Waals surface area contributed by atoms with E-state index in [0.29, 0.717) is 23.6 Å². The molecule has 5 heteroatoms. The Morgan fingerprint density at radius 2 is 0.882 bits per heavy atom. The van der Waals surface area contributed by atoms with E-state index in [1.807, 2.05) is 12.1 Å². The normalized spacial score (nSPS) is 14.0. The second kappa shape index (κ2) is 9.05. The van der Waals surface area contributed by atoms with Crippen molar-refractivity contribution in [2.24, 2.45) is 0 Å². The van der Waals surface area contributed by atoms with Crippen molar-refractivity contribution < 1.29 is 22.0 Å². The lowest BCUT2D eigenvalue weighted by Crippen LogP contribution is -1.97. The van der Waals surface area contributed by atoms with Gasteiger partial charge in [-0.1, -0.05) is 61.4 Å². The fourth-order valence-electron chi connectivity index (χ4n) is 4.78. The number of hydrogen-bond acceptors (Lipinski definition) is 0. The van der Waals surface area contributed by atoms with Crippen molar-refractivity contribution in [2.75, 3.05) is 0 Å². The first-order chi connectivity index (χ1) is 16.4. The molecule has 0 aliphatic heterocycles. The van der Waals surface area contributed by atoms with Crippen LogP contribution in [0.3, 0.4) is 0 Å². The van der Waals surface area contributed by atoms with Crippen LogP contribution in [0.25, 0.3) is 33.4 Å². The first-order valence-corrected chi connectivity index (χ1v) is 11.3. The summed E-state index contributed by atoms with van der Waals surface area (Å²) < 4.78 is 69.9. The third-order valence-corrected chi connectivity index (χ3v) is 6.60. The highest BCUT2D eigenvalue weighted by atomic mass is 19.2. The quantitative estimate of drug-likeness (QED) is 0.209. The van der Waals surface area contributed by atoms with Gasteiger partial charge in [-0.05, 0) is 76.4 Å². The van der Waals surface area contributed by atoms with E-state index >= 15 is 0 Å². The minimum absolute atomic E-state index is 0.282. The van der Waals surface area contributed by atoms with Crippen LogP contribution in [0.2, 0.25) is 0 Å². The maximum atomic E-state index is 14.8. The summed E-state index contributed by atoms with van der Waals surface area (Å²) >= 11 is 0. The van der Waals surface area contributed by atoms with Crippen LogP contribution in [0, 0.1) is 29.1 Å². The largest absolute Gasteiger partial charge is 0.206 e. The minimum Gasteiger partial charge on any atom is -0.206 e. The summed E-state index contributed by atoms with van der Waals surface area (Å²) in [5, 5.41) is 0. The molecule has 0 amide bonds. The van der Waals surface area contributed by atoms with Gasteiger partial charge in [0.15, 0.2) is 17.5 Å². The third kappa shape index (κ3) is 4.23. The first-order valence-electron chi connectivity index (χ1n) is 11.3. The maximum absolute atomic E-state index is 14.8. The van der Waals surface area contributed by atoms with Gasteiger partial charge in [0.2, 0.25) is 0 Å². The average Bonchev–Trinajstić information content (AvgIpc) is 3.37. The highest BCUT2D eigenvalue weighted by Gasteiger charge is 2.19. The minimum atomic E-state index is -1.69. The van der Waals surface area contributed by atoms with Gasteiger partial charge in [-0.3, -0.25) is 0 Å². The number of benzene rings is 4. The molecule has 1 aliphatic carbocycles. The van der Waals surface area contributed by atoms with E-state index in [9.17, 15) is 22.0 Å². The standard InChI is InChI=1S/C29H21F5/c30-24-13-22(14-25(31)28(24)23-15-26(32)29(34)27(33)16-23)21-11-9-20(10-12-21)19-7-5-18(6-8-19)17-3-1-2-4-17/h5-17H,1-4H2. The summed E-state index contributed by atoms with van der Waals surface area (Å²) in [6.45, 7) is 0. The molecular formula is C29H21F5. The van der Waals surface area contributed by atoms with Gasteiger partial charge in [0.05, 0.1) is 5.56 Å². The summed E-state index contributed by atoms with van der Waals surface area (Å²) in [4.78, 5) is 0. The van der Waals surface area contributed by atoms with Crippen LogP contribution < -0.4 is 0 Å². The fraction of sp³-hybridized carbons (Fsp3) is 0.172. The van der Waals surface area contributed by atoms with Gasteiger partial charge in [0, 0.05) is 0 Å². The maximum Gasteiger partial charge on any atom is 0.194 e. The van der Waals surface area contributed by atoms with Gasteiger partial charge in [-0.2, -0.15) is 0 Å². The molecule has 0 atom stereocenters. The molecule has 172 valence electrons. The van der Waals surface area contributed by atoms with E-state index in [1.54, 1.807) is 12.1 Å². The molecule has 1 aliphatic rings. The van der Waals surface area contributed by atoms with Gasteiger partial charge in [0.1, 0.15) is 11.6 Å². The molecule has 0 radical (unpaired) electrons. The summed E-state index contributed by atoms with van der Waals surface area (Å²) in [6, 6.07) is 19.2. The molecule has 1 fully saturated rings. The monoisotopic (exact) mass is 464 g/mol. The van der Waals surface area contributed by atoms with Crippen LogP contribution in [0.15, 0.2) is 72.8 Å². The Hall–Kier alpha value is -3.47. The van der Waals surface area contributed by atoms with Gasteiger partial charge in [-0.15, -0.1) is 0 Å². The van der Waals surface area contributed by atoms with Crippen molar-refractivity contribution in [3.63, 3.8) is 0 Å². The molecule has 0 aromatic heterocycles. The van der Waals surface area contributed by atoms with Crippen LogP contribution in [0.1, 0.15) is 37.2 Å². The highest BCUT2D eigenvalue weighted by molar-refractivity contribution is 5.74. The van der Waals surface area contributed by atoms with E-state index < -0.39 is 40.2 Å². The molecule has 0 unspecified atom stereocenters. The number of halogens is 5. The molecule has 4 aromatic carbocycles. The Labute approximate surface area is 194 Å². The lowest BCUT2D eigenvalue weighted by Gasteiger charge is -2.12. The molecule has 5 rings (SSSR count). The van der Waals surface area contributed by atoms with Crippen LogP contribution >= 0.6 is 0 Å². The van der Waals surface area contributed by atoms with Crippen molar-refractivity contribution in [1.29, 1.82) is 0 Å². The Balaban J connectivity index is 1.41. The van der Waals surface area contributed by atoms with Crippen LogP contribution in [0.5, 0.6) is 0 Å². The van der Waals surface area contributed by atoms with Crippen molar-refractivity contribution in [2.45, 2.75) is 31.6 Å². The predicted octanol–water partition coefficient (Wildman–Crippen LogP) is 9.04. The van der Waals surface area contributed by atoms with E-state index in [-0.39, 0.29) is 5.56 Å². The molecular weight excluding hydrogens is 443 g/mol. The highest BCUT2D eigenvalue weighted by Crippen LogP contribution is 2.36. The molecule has 0 saturated heterocycles. The summed E-state index contributed by atoms with van der Waals surface area (Å²) in [6.07, 6.45) is 5.05. The molecule has 0 bridgehead atoms. The van der Waals surface area contributed by atoms with Crippen LogP contribution in [-0.4, -0.2) is 0 Å². The van der Waals surface area contributed by atoms with E-state index in [4.69, 9.17) is 0 Å². The number of hydrogen-bond donors (Lipinski definition) is 0. The Kier molecular flexibility index (Phi) is 5.94. The van der Waals surface area contributed by atoms with E-state index in [0.717, 1.165) is 23.3 Å². The molecule has 0 N–H and O–H groups in total. The zero-order chi connectivity index (χ0) is 23.8. The van der Waals surface area contributed by atoms with Crippen molar-refractivity contribution in [3.8, 4) is 33.4 Å². The molecule has 4 aromatic rings. The van der Waals surface area contributed by atoms with Crippen molar-refractivity contribution in [3.05, 3.63) is 107 Å². The zero-order valence-corrected chi connectivity index (χ0v) is 18.2. The lowest BCUT2D eigenvalue weighted by molar-refractivity contribution is 0.447. The smallest absolute Gasteiger partial charge is 0.194 e. The SMILES string of the molecule is Fc1cc(-c2c(F)cc(-c3ccc(-c4ccc(C5CCCC5)cc4)cc3)cc2F)cc(F)c1F. The number of rotatable bonds is 4.